The molecule has 6 nitrogen and oxygen atoms in total. The number of rotatable bonds is 5. The molecule has 1 aliphatic carbocycles. The van der Waals surface area contributed by atoms with E-state index in [1.165, 1.54) is 18.6 Å². The molecule has 3 rings (SSSR count). The summed E-state index contributed by atoms with van der Waals surface area (Å²) in [7, 11) is -3.28. The highest BCUT2D eigenvalue weighted by molar-refractivity contribution is 7.90. The highest BCUT2D eigenvalue weighted by Gasteiger charge is 2.21. The summed E-state index contributed by atoms with van der Waals surface area (Å²) in [6, 6.07) is 12.8. The Hall–Kier alpha value is -2.67. The highest BCUT2D eigenvalue weighted by Crippen LogP contribution is 2.25. The van der Waals surface area contributed by atoms with Gasteiger partial charge in [-0.05, 0) is 55.3 Å². The van der Waals surface area contributed by atoms with E-state index in [1.807, 2.05) is 0 Å². The quantitative estimate of drug-likeness (QED) is 0.797. The summed E-state index contributed by atoms with van der Waals surface area (Å²) in [5.74, 6) is -0.283. The van der Waals surface area contributed by atoms with Gasteiger partial charge >= 0.3 is 0 Å². The average molecular weight is 401 g/mol. The first-order valence-electron chi connectivity index (χ1n) is 9.35. The Balaban J connectivity index is 1.65. The maximum absolute atomic E-state index is 12.5. The fraction of sp³-hybridized carbons (Fsp3) is 0.333. The van der Waals surface area contributed by atoms with Gasteiger partial charge in [-0.3, -0.25) is 9.59 Å². The molecule has 2 amide bonds. The summed E-state index contributed by atoms with van der Waals surface area (Å²) in [6.45, 7) is 0. The van der Waals surface area contributed by atoms with E-state index < -0.39 is 9.84 Å². The van der Waals surface area contributed by atoms with Gasteiger partial charge in [0.05, 0.1) is 4.90 Å². The largest absolute Gasteiger partial charge is 0.326 e. The average Bonchev–Trinajstić information content (AvgIpc) is 2.68. The predicted octanol–water partition coefficient (Wildman–Crippen LogP) is 3.86. The second kappa shape index (κ2) is 8.56. The first-order valence-corrected chi connectivity index (χ1v) is 11.2. The molecule has 28 heavy (non-hydrogen) atoms. The van der Waals surface area contributed by atoms with Crippen LogP contribution in [-0.2, 0) is 14.6 Å². The second-order valence-corrected chi connectivity index (χ2v) is 9.17. The Labute approximate surface area is 165 Å². The van der Waals surface area contributed by atoms with Gasteiger partial charge in [0, 0.05) is 29.1 Å². The van der Waals surface area contributed by atoms with Crippen LogP contribution in [0, 0.1) is 5.92 Å². The van der Waals surface area contributed by atoms with Crippen molar-refractivity contribution in [3.63, 3.8) is 0 Å². The molecule has 1 aliphatic rings. The summed E-state index contributed by atoms with van der Waals surface area (Å²) in [6.07, 6.45) is 6.31. The van der Waals surface area contributed by atoms with Crippen molar-refractivity contribution in [2.24, 2.45) is 5.92 Å². The Morgan fingerprint density at radius 1 is 0.893 bits per heavy atom. The molecule has 7 heteroatoms. The Morgan fingerprint density at radius 3 is 2.21 bits per heavy atom. The van der Waals surface area contributed by atoms with Gasteiger partial charge in [-0.25, -0.2) is 8.42 Å². The van der Waals surface area contributed by atoms with Gasteiger partial charge in [-0.15, -0.1) is 0 Å². The monoisotopic (exact) mass is 400 g/mol. The molecule has 0 bridgehead atoms. The Bertz CT molecular complexity index is 962. The number of hydrogen-bond donors (Lipinski definition) is 2. The van der Waals surface area contributed by atoms with E-state index in [0.717, 1.165) is 31.9 Å². The molecule has 0 radical (unpaired) electrons. The van der Waals surface area contributed by atoms with E-state index in [4.69, 9.17) is 0 Å². The molecule has 148 valence electrons. The van der Waals surface area contributed by atoms with Crippen LogP contribution in [0.5, 0.6) is 0 Å². The zero-order valence-corrected chi connectivity index (χ0v) is 16.6. The van der Waals surface area contributed by atoms with Crippen LogP contribution in [0.25, 0.3) is 0 Å². The van der Waals surface area contributed by atoms with Crippen LogP contribution < -0.4 is 10.6 Å². The van der Waals surface area contributed by atoms with Crippen molar-refractivity contribution in [2.45, 2.75) is 37.0 Å². The van der Waals surface area contributed by atoms with Gasteiger partial charge in [-0.2, -0.15) is 0 Å². The summed E-state index contributed by atoms with van der Waals surface area (Å²) >= 11 is 0. The van der Waals surface area contributed by atoms with Gasteiger partial charge in [0.1, 0.15) is 0 Å². The minimum absolute atomic E-state index is 0.00798. The topological polar surface area (TPSA) is 92.3 Å². The molecule has 0 atom stereocenters. The van der Waals surface area contributed by atoms with E-state index in [0.29, 0.717) is 16.9 Å². The van der Waals surface area contributed by atoms with Crippen LogP contribution in [-0.4, -0.2) is 26.5 Å². The number of sulfone groups is 1. The van der Waals surface area contributed by atoms with Crippen LogP contribution in [0.2, 0.25) is 0 Å². The van der Waals surface area contributed by atoms with Crippen molar-refractivity contribution in [2.75, 3.05) is 16.9 Å². The van der Waals surface area contributed by atoms with Gasteiger partial charge in [0.15, 0.2) is 9.84 Å². The lowest BCUT2D eigenvalue weighted by atomic mass is 9.88. The summed E-state index contributed by atoms with van der Waals surface area (Å²) < 4.78 is 23.0. The third-order valence-corrected chi connectivity index (χ3v) is 6.04. The van der Waals surface area contributed by atoms with E-state index in [2.05, 4.69) is 10.6 Å². The van der Waals surface area contributed by atoms with E-state index in [-0.39, 0.29) is 22.6 Å². The van der Waals surface area contributed by atoms with E-state index in [1.54, 1.807) is 36.4 Å². The van der Waals surface area contributed by atoms with Crippen molar-refractivity contribution in [3.05, 3.63) is 54.1 Å². The number of benzene rings is 2. The summed E-state index contributed by atoms with van der Waals surface area (Å²) in [4.78, 5) is 25.1. The zero-order chi connectivity index (χ0) is 20.1. The zero-order valence-electron chi connectivity index (χ0n) is 15.8. The number of carbonyl (C=O) groups excluding carboxylic acids is 2. The lowest BCUT2D eigenvalue weighted by Gasteiger charge is -2.20. The van der Waals surface area contributed by atoms with Crippen LogP contribution in [0.1, 0.15) is 42.5 Å². The molecular formula is C21H24N2O4S. The Kier molecular flexibility index (Phi) is 6.14. The summed E-state index contributed by atoms with van der Waals surface area (Å²) in [5, 5.41) is 5.64. The minimum Gasteiger partial charge on any atom is -0.326 e. The Morgan fingerprint density at radius 2 is 1.57 bits per heavy atom. The SMILES string of the molecule is CS(=O)(=O)c1ccc(NC(=O)c2cccc(NC(=O)C3CCCCC3)c2)cc1. The van der Waals surface area contributed by atoms with Crippen LogP contribution in [0.15, 0.2) is 53.4 Å². The van der Waals surface area contributed by atoms with Crippen molar-refractivity contribution in [1.29, 1.82) is 0 Å². The molecule has 0 aliphatic heterocycles. The van der Waals surface area contributed by atoms with Gasteiger partial charge in [0.2, 0.25) is 5.91 Å². The third kappa shape index (κ3) is 5.19. The molecule has 2 N–H and O–H groups in total. The molecule has 0 unspecified atom stereocenters. The van der Waals surface area contributed by atoms with Gasteiger partial charge in [-0.1, -0.05) is 25.3 Å². The number of hydrogen-bond acceptors (Lipinski definition) is 4. The van der Waals surface area contributed by atoms with Crippen LogP contribution >= 0.6 is 0 Å². The predicted molar refractivity (Wildman–Crippen MR) is 109 cm³/mol. The van der Waals surface area contributed by atoms with Crippen molar-refractivity contribution in [1.82, 2.24) is 0 Å². The maximum atomic E-state index is 12.5. The fourth-order valence-electron chi connectivity index (χ4n) is 3.34. The first-order chi connectivity index (χ1) is 13.3. The third-order valence-electron chi connectivity index (χ3n) is 4.91. The number of amides is 2. The molecule has 2 aromatic rings. The maximum Gasteiger partial charge on any atom is 0.255 e. The number of nitrogens with one attached hydrogen (secondary N) is 2. The standard InChI is InChI=1S/C21H24N2O4S/c1-28(26,27)19-12-10-17(11-13-19)22-21(25)16-8-5-9-18(14-16)23-20(24)15-6-3-2-4-7-15/h5,8-15H,2-4,6-7H2,1H3,(H,22,25)(H,23,24). The molecule has 0 aromatic heterocycles. The molecular weight excluding hydrogens is 376 g/mol. The molecule has 1 fully saturated rings. The first kappa shape index (κ1) is 20.1. The van der Waals surface area contributed by atoms with Crippen LogP contribution in [0.4, 0.5) is 11.4 Å². The molecule has 0 saturated heterocycles. The van der Waals surface area contributed by atoms with E-state index >= 15 is 0 Å². The van der Waals surface area contributed by atoms with Crippen molar-refractivity contribution in [3.8, 4) is 0 Å². The highest BCUT2D eigenvalue weighted by atomic mass is 32.2. The molecule has 1 saturated carbocycles. The normalized spacial score (nSPS) is 15.0. The smallest absolute Gasteiger partial charge is 0.255 e. The van der Waals surface area contributed by atoms with Crippen LogP contribution in [0.3, 0.4) is 0 Å². The molecule has 0 spiro atoms. The summed E-state index contributed by atoms with van der Waals surface area (Å²) in [5.41, 5.74) is 1.50. The molecule has 0 heterocycles. The van der Waals surface area contributed by atoms with Gasteiger partial charge in [0.25, 0.3) is 5.91 Å². The van der Waals surface area contributed by atoms with Crippen molar-refractivity contribution >= 4 is 33.0 Å². The van der Waals surface area contributed by atoms with Gasteiger partial charge < -0.3 is 10.6 Å². The van der Waals surface area contributed by atoms with Crippen molar-refractivity contribution < 1.29 is 18.0 Å². The molecule has 2 aromatic carbocycles. The second-order valence-electron chi connectivity index (χ2n) is 7.16. The lowest BCUT2D eigenvalue weighted by molar-refractivity contribution is -0.120. The minimum atomic E-state index is -3.28. The number of carbonyl (C=O) groups is 2. The lowest BCUT2D eigenvalue weighted by Crippen LogP contribution is -2.24. The van der Waals surface area contributed by atoms with E-state index in [9.17, 15) is 18.0 Å². The number of anilines is 2. The fourth-order valence-corrected chi connectivity index (χ4v) is 3.97.